The second-order valence-electron chi connectivity index (χ2n) is 3.56. The highest BCUT2D eigenvalue weighted by molar-refractivity contribution is 7.80. The summed E-state index contributed by atoms with van der Waals surface area (Å²) in [7, 11) is 0. The first-order valence-electron chi connectivity index (χ1n) is 4.53. The quantitative estimate of drug-likeness (QED) is 0.712. The first-order chi connectivity index (χ1) is 6.15. The lowest BCUT2D eigenvalue weighted by molar-refractivity contribution is 0.462. The van der Waals surface area contributed by atoms with Gasteiger partial charge in [-0.2, -0.15) is 12.6 Å². The van der Waals surface area contributed by atoms with Crippen molar-refractivity contribution < 1.29 is 5.11 Å². The molecule has 1 nitrogen and oxygen atoms in total. The topological polar surface area (TPSA) is 20.2 Å². The molecule has 0 saturated carbocycles. The van der Waals surface area contributed by atoms with Crippen molar-refractivity contribution in [2.75, 3.05) is 5.75 Å². The molecule has 0 fully saturated rings. The Morgan fingerprint density at radius 1 is 1.46 bits per heavy atom. The van der Waals surface area contributed by atoms with Crippen molar-refractivity contribution in [2.45, 2.75) is 20.3 Å². The van der Waals surface area contributed by atoms with Crippen LogP contribution in [0.3, 0.4) is 0 Å². The molecular weight excluding hydrogens is 180 g/mol. The molecule has 0 amide bonds. The maximum absolute atomic E-state index is 9.61. The van der Waals surface area contributed by atoms with Crippen molar-refractivity contribution >= 4 is 12.6 Å². The molecule has 0 heterocycles. The molecule has 1 aromatic rings. The van der Waals surface area contributed by atoms with Crippen molar-refractivity contribution in [3.05, 3.63) is 29.3 Å². The smallest absolute Gasteiger partial charge is 0.119 e. The Kier molecular flexibility index (Phi) is 3.67. The average molecular weight is 196 g/mol. The van der Waals surface area contributed by atoms with Crippen molar-refractivity contribution in [2.24, 2.45) is 5.92 Å². The largest absolute Gasteiger partial charge is 0.508 e. The molecule has 0 saturated heterocycles. The molecule has 1 atom stereocenters. The predicted octanol–water partition coefficient (Wildman–Crippen LogP) is 2.81. The van der Waals surface area contributed by atoms with Crippen LogP contribution >= 0.6 is 12.6 Å². The molecule has 0 spiro atoms. The SMILES string of the molecule is Cc1cccc(O)c1CC(C)CS. The summed E-state index contributed by atoms with van der Waals surface area (Å²) < 4.78 is 0. The van der Waals surface area contributed by atoms with E-state index in [1.54, 1.807) is 6.07 Å². The highest BCUT2D eigenvalue weighted by atomic mass is 32.1. The van der Waals surface area contributed by atoms with Crippen LogP contribution in [0, 0.1) is 12.8 Å². The minimum absolute atomic E-state index is 0.411. The molecule has 1 unspecified atom stereocenters. The fraction of sp³-hybridized carbons (Fsp3) is 0.455. The van der Waals surface area contributed by atoms with Gasteiger partial charge in [-0.3, -0.25) is 0 Å². The molecule has 0 aliphatic carbocycles. The number of hydrogen-bond donors (Lipinski definition) is 2. The Morgan fingerprint density at radius 2 is 2.15 bits per heavy atom. The highest BCUT2D eigenvalue weighted by Crippen LogP contribution is 2.23. The van der Waals surface area contributed by atoms with Crippen LogP contribution < -0.4 is 0 Å². The van der Waals surface area contributed by atoms with Crippen molar-refractivity contribution in [3.8, 4) is 5.75 Å². The second-order valence-corrected chi connectivity index (χ2v) is 3.93. The van der Waals surface area contributed by atoms with Crippen LogP contribution in [0.25, 0.3) is 0 Å². The van der Waals surface area contributed by atoms with E-state index in [2.05, 4.69) is 19.6 Å². The Balaban J connectivity index is 2.87. The molecule has 72 valence electrons. The zero-order valence-electron chi connectivity index (χ0n) is 8.12. The summed E-state index contributed by atoms with van der Waals surface area (Å²) in [6.07, 6.45) is 0.905. The van der Waals surface area contributed by atoms with Gasteiger partial charge in [-0.15, -0.1) is 0 Å². The fourth-order valence-corrected chi connectivity index (χ4v) is 1.49. The standard InChI is InChI=1S/C11H16OS/c1-8(7-13)6-10-9(2)4-3-5-11(10)12/h3-5,8,12-13H,6-7H2,1-2H3. The van der Waals surface area contributed by atoms with Gasteiger partial charge in [0.15, 0.2) is 0 Å². The third-order valence-corrected chi connectivity index (χ3v) is 2.87. The zero-order valence-corrected chi connectivity index (χ0v) is 9.01. The molecule has 0 aromatic heterocycles. The molecular formula is C11H16OS. The summed E-state index contributed by atoms with van der Waals surface area (Å²) in [4.78, 5) is 0. The van der Waals surface area contributed by atoms with E-state index < -0.39 is 0 Å². The number of hydrogen-bond acceptors (Lipinski definition) is 2. The Bertz CT molecular complexity index is 263. The molecule has 0 aliphatic rings. The van der Waals surface area contributed by atoms with Gasteiger partial charge in [-0.1, -0.05) is 19.1 Å². The summed E-state index contributed by atoms with van der Waals surface area (Å²) in [6.45, 7) is 4.17. The van der Waals surface area contributed by atoms with Gasteiger partial charge in [0.05, 0.1) is 0 Å². The van der Waals surface area contributed by atoms with Gasteiger partial charge >= 0.3 is 0 Å². The third-order valence-electron chi connectivity index (χ3n) is 2.25. The Labute approximate surface area is 85.2 Å². The van der Waals surface area contributed by atoms with Gasteiger partial charge in [0.1, 0.15) is 5.75 Å². The van der Waals surface area contributed by atoms with Gasteiger partial charge in [0.2, 0.25) is 0 Å². The number of rotatable bonds is 3. The molecule has 13 heavy (non-hydrogen) atoms. The summed E-state index contributed by atoms with van der Waals surface area (Å²) in [6, 6.07) is 5.65. The van der Waals surface area contributed by atoms with Crippen LogP contribution in [0.2, 0.25) is 0 Å². The molecule has 0 bridgehead atoms. The minimum Gasteiger partial charge on any atom is -0.508 e. The van der Waals surface area contributed by atoms with E-state index in [0.29, 0.717) is 11.7 Å². The normalized spacial score (nSPS) is 12.8. The lowest BCUT2D eigenvalue weighted by atomic mass is 9.98. The van der Waals surface area contributed by atoms with Crippen LogP contribution in [-0.4, -0.2) is 10.9 Å². The summed E-state index contributed by atoms with van der Waals surface area (Å²) in [5.41, 5.74) is 2.22. The van der Waals surface area contributed by atoms with Crippen molar-refractivity contribution in [1.29, 1.82) is 0 Å². The van der Waals surface area contributed by atoms with Crippen LogP contribution in [0.5, 0.6) is 5.75 Å². The van der Waals surface area contributed by atoms with E-state index in [1.165, 1.54) is 0 Å². The minimum atomic E-state index is 0.411. The Morgan fingerprint density at radius 3 is 2.69 bits per heavy atom. The lowest BCUT2D eigenvalue weighted by Gasteiger charge is -2.11. The number of thiol groups is 1. The fourth-order valence-electron chi connectivity index (χ4n) is 1.37. The average Bonchev–Trinajstić information content (AvgIpc) is 2.11. The summed E-state index contributed by atoms with van der Waals surface area (Å²) in [5.74, 6) is 1.78. The highest BCUT2D eigenvalue weighted by Gasteiger charge is 2.07. The van der Waals surface area contributed by atoms with Gasteiger partial charge < -0.3 is 5.11 Å². The van der Waals surface area contributed by atoms with Gasteiger partial charge in [-0.05, 0) is 42.2 Å². The monoisotopic (exact) mass is 196 g/mol. The number of phenols is 1. The van der Waals surface area contributed by atoms with Crippen LogP contribution in [0.4, 0.5) is 0 Å². The number of aromatic hydroxyl groups is 1. The molecule has 1 N–H and O–H groups in total. The van der Waals surface area contributed by atoms with E-state index in [1.807, 2.05) is 19.1 Å². The lowest BCUT2D eigenvalue weighted by Crippen LogP contribution is -2.02. The number of benzene rings is 1. The van der Waals surface area contributed by atoms with Crippen molar-refractivity contribution in [3.63, 3.8) is 0 Å². The third kappa shape index (κ3) is 2.66. The van der Waals surface area contributed by atoms with E-state index in [0.717, 1.165) is 23.3 Å². The summed E-state index contributed by atoms with van der Waals surface area (Å²) in [5, 5.41) is 9.61. The van der Waals surface area contributed by atoms with E-state index in [9.17, 15) is 5.11 Å². The molecule has 1 aromatic carbocycles. The predicted molar refractivity (Wildman–Crippen MR) is 59.6 cm³/mol. The molecule has 1 rings (SSSR count). The second kappa shape index (κ2) is 4.56. The Hall–Kier alpha value is -0.630. The molecule has 0 radical (unpaired) electrons. The first kappa shape index (κ1) is 10.5. The maximum atomic E-state index is 9.61. The molecule has 2 heteroatoms. The summed E-state index contributed by atoms with van der Waals surface area (Å²) >= 11 is 4.23. The van der Waals surface area contributed by atoms with Gasteiger partial charge in [0.25, 0.3) is 0 Å². The zero-order chi connectivity index (χ0) is 9.84. The maximum Gasteiger partial charge on any atom is 0.119 e. The van der Waals surface area contributed by atoms with Crippen molar-refractivity contribution in [1.82, 2.24) is 0 Å². The van der Waals surface area contributed by atoms with Crippen LogP contribution in [-0.2, 0) is 6.42 Å². The van der Waals surface area contributed by atoms with Crippen LogP contribution in [0.15, 0.2) is 18.2 Å². The van der Waals surface area contributed by atoms with E-state index in [4.69, 9.17) is 0 Å². The molecule has 0 aliphatic heterocycles. The first-order valence-corrected chi connectivity index (χ1v) is 5.16. The van der Waals surface area contributed by atoms with Gasteiger partial charge in [0, 0.05) is 0 Å². The number of aryl methyl sites for hydroxylation is 1. The van der Waals surface area contributed by atoms with Crippen LogP contribution in [0.1, 0.15) is 18.1 Å². The van der Waals surface area contributed by atoms with E-state index in [-0.39, 0.29) is 0 Å². The van der Waals surface area contributed by atoms with E-state index >= 15 is 0 Å². The number of phenolic OH excluding ortho intramolecular Hbond substituents is 1. The van der Waals surface area contributed by atoms with Gasteiger partial charge in [-0.25, -0.2) is 0 Å².